The number of halogens is 1. The molecule has 0 saturated heterocycles. The molecule has 1 aromatic heterocycles. The van der Waals surface area contributed by atoms with Crippen molar-refractivity contribution in [2.45, 2.75) is 19.6 Å². The molecule has 0 aliphatic carbocycles. The lowest BCUT2D eigenvalue weighted by Crippen LogP contribution is -2.42. The second kappa shape index (κ2) is 8.38. The number of aliphatic imine (C=N–C) groups is 1. The van der Waals surface area contributed by atoms with Crippen LogP contribution in [0.25, 0.3) is 0 Å². The summed E-state index contributed by atoms with van der Waals surface area (Å²) >= 11 is 0. The molecule has 5 nitrogen and oxygen atoms in total. The van der Waals surface area contributed by atoms with Crippen molar-refractivity contribution < 1.29 is 9.13 Å². The van der Waals surface area contributed by atoms with Crippen LogP contribution in [0.5, 0.6) is 5.75 Å². The average molecular weight is 332 g/mol. The molecule has 0 radical (unpaired) electrons. The van der Waals surface area contributed by atoms with Gasteiger partial charge in [0.05, 0.1) is 13.1 Å². The zero-order valence-corrected chi connectivity index (χ0v) is 14.7. The van der Waals surface area contributed by atoms with E-state index in [4.69, 9.17) is 4.74 Å². The van der Waals surface area contributed by atoms with Crippen molar-refractivity contribution in [1.29, 1.82) is 0 Å². The highest BCUT2D eigenvalue weighted by Crippen LogP contribution is 2.12. The van der Waals surface area contributed by atoms with E-state index >= 15 is 0 Å². The second-order valence-electron chi connectivity index (χ2n) is 5.78. The van der Waals surface area contributed by atoms with E-state index in [0.717, 1.165) is 12.5 Å². The largest absolute Gasteiger partial charge is 0.489 e. The minimum absolute atomic E-state index is 0.0735. The van der Waals surface area contributed by atoms with E-state index in [9.17, 15) is 4.39 Å². The van der Waals surface area contributed by atoms with Crippen LogP contribution in [0.2, 0.25) is 0 Å². The van der Waals surface area contributed by atoms with Gasteiger partial charge in [0.25, 0.3) is 0 Å². The Labute approximate surface area is 142 Å². The van der Waals surface area contributed by atoms with Gasteiger partial charge < -0.3 is 19.5 Å². The molecule has 1 atom stereocenters. The number of hydrogen-bond acceptors (Lipinski definition) is 2. The van der Waals surface area contributed by atoms with E-state index in [1.807, 2.05) is 33.3 Å². The van der Waals surface area contributed by atoms with Gasteiger partial charge in [0.15, 0.2) is 5.96 Å². The van der Waals surface area contributed by atoms with Crippen LogP contribution in [0.15, 0.2) is 47.6 Å². The van der Waals surface area contributed by atoms with Gasteiger partial charge in [0.1, 0.15) is 17.7 Å². The summed E-state index contributed by atoms with van der Waals surface area (Å²) in [5.74, 6) is 1.18. The third-order valence-corrected chi connectivity index (χ3v) is 3.72. The number of rotatable bonds is 6. The predicted molar refractivity (Wildman–Crippen MR) is 94.7 cm³/mol. The SMILES string of the molecule is CN=C(NCC(C)Oc1ccc(F)cc1)N(C)Cc1cccn1C. The standard InChI is InChI=1S/C18H25FN4O/c1-14(24-17-9-7-15(19)8-10-17)12-21-18(20-2)23(4)13-16-6-5-11-22(16)3/h5-11,14H,12-13H2,1-4H3,(H,20,21). The molecule has 1 unspecified atom stereocenters. The zero-order valence-electron chi connectivity index (χ0n) is 14.7. The molecule has 0 fully saturated rings. The first-order chi connectivity index (χ1) is 11.5. The lowest BCUT2D eigenvalue weighted by atomic mass is 10.3. The van der Waals surface area contributed by atoms with Crippen LogP contribution in [-0.4, -0.2) is 42.2 Å². The molecule has 24 heavy (non-hydrogen) atoms. The maximum atomic E-state index is 12.9. The number of benzene rings is 1. The average Bonchev–Trinajstić information content (AvgIpc) is 2.95. The molecule has 0 aliphatic heterocycles. The van der Waals surface area contributed by atoms with E-state index in [0.29, 0.717) is 12.3 Å². The summed E-state index contributed by atoms with van der Waals surface area (Å²) in [5.41, 5.74) is 1.20. The van der Waals surface area contributed by atoms with Gasteiger partial charge in [-0.15, -0.1) is 0 Å². The Kier molecular flexibility index (Phi) is 6.23. The van der Waals surface area contributed by atoms with Crippen LogP contribution >= 0.6 is 0 Å². The van der Waals surface area contributed by atoms with Crippen molar-refractivity contribution in [1.82, 2.24) is 14.8 Å². The topological polar surface area (TPSA) is 41.8 Å². The number of nitrogens with one attached hydrogen (secondary N) is 1. The molecule has 1 heterocycles. The zero-order chi connectivity index (χ0) is 17.5. The Bertz CT molecular complexity index is 666. The molecule has 2 rings (SSSR count). The minimum atomic E-state index is -0.268. The molecule has 6 heteroatoms. The van der Waals surface area contributed by atoms with E-state index in [2.05, 4.69) is 25.8 Å². The van der Waals surface area contributed by atoms with Crippen molar-refractivity contribution in [3.63, 3.8) is 0 Å². The summed E-state index contributed by atoms with van der Waals surface area (Å²) in [4.78, 5) is 6.36. The van der Waals surface area contributed by atoms with Crippen molar-refractivity contribution in [2.75, 3.05) is 20.6 Å². The summed E-state index contributed by atoms with van der Waals surface area (Å²) in [6.45, 7) is 3.32. The Morgan fingerprint density at radius 2 is 2.04 bits per heavy atom. The minimum Gasteiger partial charge on any atom is -0.489 e. The number of guanidine groups is 1. The summed E-state index contributed by atoms with van der Waals surface area (Å²) in [6, 6.07) is 10.1. The maximum Gasteiger partial charge on any atom is 0.193 e. The van der Waals surface area contributed by atoms with Gasteiger partial charge in [-0.05, 0) is 43.3 Å². The summed E-state index contributed by atoms with van der Waals surface area (Å²) < 4.78 is 20.8. The van der Waals surface area contributed by atoms with Gasteiger partial charge in [0.2, 0.25) is 0 Å². The number of aryl methyl sites for hydroxylation is 1. The number of aromatic nitrogens is 1. The van der Waals surface area contributed by atoms with E-state index < -0.39 is 0 Å². The third-order valence-electron chi connectivity index (χ3n) is 3.72. The fraction of sp³-hybridized carbons (Fsp3) is 0.389. The number of nitrogens with zero attached hydrogens (tertiary/aromatic N) is 3. The smallest absolute Gasteiger partial charge is 0.193 e. The number of ether oxygens (including phenoxy) is 1. The molecule has 0 bridgehead atoms. The number of hydrogen-bond donors (Lipinski definition) is 1. The fourth-order valence-corrected chi connectivity index (χ4v) is 2.39. The van der Waals surface area contributed by atoms with Crippen LogP contribution in [0.3, 0.4) is 0 Å². The van der Waals surface area contributed by atoms with Gasteiger partial charge in [-0.25, -0.2) is 4.39 Å². The van der Waals surface area contributed by atoms with E-state index in [-0.39, 0.29) is 11.9 Å². The molecule has 2 aromatic rings. The van der Waals surface area contributed by atoms with E-state index in [1.54, 1.807) is 19.2 Å². The fourth-order valence-electron chi connectivity index (χ4n) is 2.39. The first-order valence-corrected chi connectivity index (χ1v) is 7.94. The quantitative estimate of drug-likeness (QED) is 0.653. The molecule has 1 N–H and O–H groups in total. The molecular weight excluding hydrogens is 307 g/mol. The summed E-state index contributed by atoms with van der Waals surface area (Å²) in [6.07, 6.45) is 1.95. The van der Waals surface area contributed by atoms with Crippen LogP contribution in [0, 0.1) is 5.82 Å². The highest BCUT2D eigenvalue weighted by atomic mass is 19.1. The first kappa shape index (κ1) is 17.8. The molecule has 0 spiro atoms. The Morgan fingerprint density at radius 3 is 2.62 bits per heavy atom. The van der Waals surface area contributed by atoms with Crippen molar-refractivity contribution in [2.24, 2.45) is 12.0 Å². The molecule has 1 aromatic carbocycles. The summed E-state index contributed by atoms with van der Waals surface area (Å²) in [5, 5.41) is 3.30. The summed E-state index contributed by atoms with van der Waals surface area (Å²) in [7, 11) is 5.78. The van der Waals surface area contributed by atoms with Crippen molar-refractivity contribution >= 4 is 5.96 Å². The molecule has 0 saturated carbocycles. The molecular formula is C18H25FN4O. The maximum absolute atomic E-state index is 12.9. The monoisotopic (exact) mass is 332 g/mol. The normalized spacial score (nSPS) is 12.8. The second-order valence-corrected chi connectivity index (χ2v) is 5.78. The van der Waals surface area contributed by atoms with Crippen molar-refractivity contribution in [3.8, 4) is 5.75 Å². The molecule has 0 amide bonds. The van der Waals surface area contributed by atoms with Gasteiger partial charge >= 0.3 is 0 Å². The molecule has 0 aliphatic rings. The first-order valence-electron chi connectivity index (χ1n) is 7.94. The third kappa shape index (κ3) is 5.01. The Morgan fingerprint density at radius 1 is 1.33 bits per heavy atom. The highest BCUT2D eigenvalue weighted by molar-refractivity contribution is 5.79. The molecule has 130 valence electrons. The Hall–Kier alpha value is -2.50. The lowest BCUT2D eigenvalue weighted by molar-refractivity contribution is 0.222. The van der Waals surface area contributed by atoms with Crippen LogP contribution in [0.4, 0.5) is 4.39 Å². The van der Waals surface area contributed by atoms with E-state index in [1.165, 1.54) is 17.8 Å². The Balaban J connectivity index is 1.84. The van der Waals surface area contributed by atoms with Crippen LogP contribution in [0.1, 0.15) is 12.6 Å². The van der Waals surface area contributed by atoms with Gasteiger partial charge in [-0.2, -0.15) is 0 Å². The van der Waals surface area contributed by atoms with Crippen LogP contribution < -0.4 is 10.1 Å². The lowest BCUT2D eigenvalue weighted by Gasteiger charge is -2.24. The van der Waals surface area contributed by atoms with Gasteiger partial charge in [-0.1, -0.05) is 0 Å². The highest BCUT2D eigenvalue weighted by Gasteiger charge is 2.10. The predicted octanol–water partition coefficient (Wildman–Crippen LogP) is 2.64. The van der Waals surface area contributed by atoms with Gasteiger partial charge in [-0.3, -0.25) is 4.99 Å². The van der Waals surface area contributed by atoms with Gasteiger partial charge in [0, 0.05) is 33.0 Å². The van der Waals surface area contributed by atoms with Crippen molar-refractivity contribution in [3.05, 3.63) is 54.1 Å². The van der Waals surface area contributed by atoms with Crippen LogP contribution in [-0.2, 0) is 13.6 Å².